The smallest absolute Gasteiger partial charge is 0.191 e. The average molecular weight is 522 g/mol. The molecule has 0 bridgehead atoms. The average Bonchev–Trinajstić information content (AvgIpc) is 2.66. The van der Waals surface area contributed by atoms with Crippen LogP contribution in [0.15, 0.2) is 41.9 Å². The van der Waals surface area contributed by atoms with Gasteiger partial charge in [-0.05, 0) is 13.0 Å². The van der Waals surface area contributed by atoms with Crippen LogP contribution >= 0.6 is 24.0 Å². The maximum atomic E-state index is 11.5. The van der Waals surface area contributed by atoms with Crippen molar-refractivity contribution in [2.24, 2.45) is 4.99 Å². The maximum Gasteiger partial charge on any atom is 0.191 e. The quantitative estimate of drug-likeness (QED) is 0.222. The Labute approximate surface area is 185 Å². The van der Waals surface area contributed by atoms with Gasteiger partial charge in [0.05, 0.1) is 18.1 Å². The highest BCUT2D eigenvalue weighted by atomic mass is 127. The Balaban J connectivity index is 0.00000392. The Kier molecular flexibility index (Phi) is 11.5. The molecule has 7 nitrogen and oxygen atoms in total. The lowest BCUT2D eigenvalue weighted by Gasteiger charge is -2.26. The van der Waals surface area contributed by atoms with E-state index in [2.05, 4.69) is 27.1 Å². The summed E-state index contributed by atoms with van der Waals surface area (Å²) in [5, 5.41) is 6.55. The van der Waals surface area contributed by atoms with Crippen LogP contribution in [0, 0.1) is 0 Å². The number of sulfone groups is 1. The van der Waals surface area contributed by atoms with E-state index in [0.717, 1.165) is 30.4 Å². The van der Waals surface area contributed by atoms with Gasteiger partial charge in [-0.3, -0.25) is 4.90 Å². The van der Waals surface area contributed by atoms with Crippen LogP contribution in [0.2, 0.25) is 0 Å². The molecule has 158 valence electrons. The number of ether oxygens (including phenoxy) is 1. The number of nitrogens with zero attached hydrogens (tertiary/aromatic N) is 2. The number of halogens is 1. The van der Waals surface area contributed by atoms with Gasteiger partial charge in [0.15, 0.2) is 15.8 Å². The summed E-state index contributed by atoms with van der Waals surface area (Å²) in [5.41, 5.74) is 1.01. The first-order chi connectivity index (χ1) is 13.0. The Morgan fingerprint density at radius 1 is 1.29 bits per heavy atom. The van der Waals surface area contributed by atoms with Crippen LogP contribution in [-0.4, -0.2) is 70.1 Å². The molecule has 0 amide bonds. The van der Waals surface area contributed by atoms with Crippen molar-refractivity contribution in [3.05, 3.63) is 42.5 Å². The molecular formula is C19H31IN4O3S. The van der Waals surface area contributed by atoms with Gasteiger partial charge >= 0.3 is 0 Å². The van der Waals surface area contributed by atoms with E-state index in [1.165, 1.54) is 0 Å². The minimum atomic E-state index is -2.83. The Hall–Kier alpha value is -1.33. The molecule has 0 aliphatic carbocycles. The van der Waals surface area contributed by atoms with Crippen molar-refractivity contribution < 1.29 is 13.2 Å². The SMILES string of the molecule is C=CCOc1ccccc1CN=C(NCC)NCCN1CCS(=O)(=O)CC1.I. The van der Waals surface area contributed by atoms with E-state index in [4.69, 9.17) is 4.74 Å². The summed E-state index contributed by atoms with van der Waals surface area (Å²) in [6.45, 7) is 10.1. The van der Waals surface area contributed by atoms with Crippen LogP contribution in [0.1, 0.15) is 12.5 Å². The number of nitrogens with one attached hydrogen (secondary N) is 2. The second kappa shape index (κ2) is 13.0. The predicted octanol–water partition coefficient (Wildman–Crippen LogP) is 1.65. The summed E-state index contributed by atoms with van der Waals surface area (Å²) in [6, 6.07) is 7.84. The zero-order chi connectivity index (χ0) is 19.5. The van der Waals surface area contributed by atoms with Gasteiger partial charge in [0.2, 0.25) is 0 Å². The van der Waals surface area contributed by atoms with Crippen molar-refractivity contribution in [3.8, 4) is 5.75 Å². The van der Waals surface area contributed by atoms with Gasteiger partial charge in [0.1, 0.15) is 12.4 Å². The number of guanidine groups is 1. The van der Waals surface area contributed by atoms with E-state index >= 15 is 0 Å². The van der Waals surface area contributed by atoms with Gasteiger partial charge in [0, 0.05) is 38.3 Å². The third-order valence-electron chi connectivity index (χ3n) is 4.24. The molecule has 9 heteroatoms. The standard InChI is InChI=1S/C19H30N4O3S.HI/c1-3-13-26-18-8-6-5-7-17(18)16-22-19(20-4-2)21-9-10-23-11-14-27(24,25)15-12-23;/h3,5-8H,1,4,9-16H2,2H3,(H2,20,21,22);1H. The third kappa shape index (κ3) is 8.78. The monoisotopic (exact) mass is 522 g/mol. The van der Waals surface area contributed by atoms with E-state index in [0.29, 0.717) is 32.8 Å². The second-order valence-electron chi connectivity index (χ2n) is 6.32. The molecule has 1 aliphatic heterocycles. The molecule has 2 N–H and O–H groups in total. The van der Waals surface area contributed by atoms with E-state index in [1.54, 1.807) is 6.08 Å². The molecule has 0 atom stereocenters. The van der Waals surface area contributed by atoms with Crippen LogP contribution in [-0.2, 0) is 16.4 Å². The zero-order valence-electron chi connectivity index (χ0n) is 16.4. The Morgan fingerprint density at radius 2 is 2.00 bits per heavy atom. The molecule has 1 saturated heterocycles. The van der Waals surface area contributed by atoms with Gasteiger partial charge in [0.25, 0.3) is 0 Å². The number of para-hydroxylation sites is 1. The fraction of sp³-hybridized carbons (Fsp3) is 0.526. The molecule has 0 unspecified atom stereocenters. The number of aliphatic imine (C=N–C) groups is 1. The van der Waals surface area contributed by atoms with Crippen molar-refractivity contribution in [2.75, 3.05) is 50.8 Å². The van der Waals surface area contributed by atoms with E-state index < -0.39 is 9.84 Å². The molecule has 1 aromatic carbocycles. The van der Waals surface area contributed by atoms with E-state index in [-0.39, 0.29) is 35.5 Å². The highest BCUT2D eigenvalue weighted by Crippen LogP contribution is 2.18. The van der Waals surface area contributed by atoms with Crippen LogP contribution in [0.4, 0.5) is 0 Å². The van der Waals surface area contributed by atoms with Gasteiger partial charge < -0.3 is 15.4 Å². The summed E-state index contributed by atoms with van der Waals surface area (Å²) < 4.78 is 28.7. The molecule has 2 rings (SSSR count). The van der Waals surface area contributed by atoms with Gasteiger partial charge in [-0.15, -0.1) is 24.0 Å². The maximum absolute atomic E-state index is 11.5. The lowest BCUT2D eigenvalue weighted by atomic mass is 10.2. The van der Waals surface area contributed by atoms with Gasteiger partial charge in [-0.25, -0.2) is 13.4 Å². The Bertz CT molecular complexity index is 726. The molecule has 0 radical (unpaired) electrons. The lowest BCUT2D eigenvalue weighted by molar-refractivity contribution is 0.299. The largest absolute Gasteiger partial charge is 0.489 e. The minimum Gasteiger partial charge on any atom is -0.489 e. The molecule has 1 fully saturated rings. The highest BCUT2D eigenvalue weighted by Gasteiger charge is 2.20. The summed E-state index contributed by atoms with van der Waals surface area (Å²) in [4.78, 5) is 6.80. The topological polar surface area (TPSA) is 83.0 Å². The van der Waals surface area contributed by atoms with Crippen molar-refractivity contribution in [1.29, 1.82) is 0 Å². The molecule has 0 spiro atoms. The fourth-order valence-corrected chi connectivity index (χ4v) is 4.01. The molecule has 1 aromatic rings. The normalized spacial score (nSPS) is 16.7. The first-order valence-corrected chi connectivity index (χ1v) is 11.1. The Morgan fingerprint density at radius 3 is 2.68 bits per heavy atom. The number of rotatable bonds is 9. The van der Waals surface area contributed by atoms with Crippen molar-refractivity contribution >= 4 is 39.8 Å². The van der Waals surface area contributed by atoms with Gasteiger partial charge in [-0.1, -0.05) is 30.9 Å². The molecule has 1 heterocycles. The van der Waals surface area contributed by atoms with E-state index in [1.807, 2.05) is 31.2 Å². The van der Waals surface area contributed by atoms with Crippen LogP contribution in [0.3, 0.4) is 0 Å². The molecule has 0 aromatic heterocycles. The highest BCUT2D eigenvalue weighted by molar-refractivity contribution is 14.0. The molecule has 1 aliphatic rings. The number of hydrogen-bond acceptors (Lipinski definition) is 5. The second-order valence-corrected chi connectivity index (χ2v) is 8.63. The predicted molar refractivity (Wildman–Crippen MR) is 125 cm³/mol. The molecule has 0 saturated carbocycles. The summed E-state index contributed by atoms with van der Waals surface area (Å²) in [6.07, 6.45) is 1.72. The first kappa shape index (κ1) is 24.7. The zero-order valence-corrected chi connectivity index (χ0v) is 19.5. The summed E-state index contributed by atoms with van der Waals surface area (Å²) >= 11 is 0. The minimum absolute atomic E-state index is 0. The van der Waals surface area contributed by atoms with Crippen LogP contribution in [0.25, 0.3) is 0 Å². The van der Waals surface area contributed by atoms with Crippen LogP contribution in [0.5, 0.6) is 5.75 Å². The van der Waals surface area contributed by atoms with Crippen molar-refractivity contribution in [1.82, 2.24) is 15.5 Å². The number of hydrogen-bond donors (Lipinski definition) is 2. The summed E-state index contributed by atoms with van der Waals surface area (Å²) in [7, 11) is -2.83. The molecular weight excluding hydrogens is 491 g/mol. The van der Waals surface area contributed by atoms with E-state index in [9.17, 15) is 8.42 Å². The molecule has 28 heavy (non-hydrogen) atoms. The lowest BCUT2D eigenvalue weighted by Crippen LogP contribution is -2.45. The van der Waals surface area contributed by atoms with Crippen LogP contribution < -0.4 is 15.4 Å². The van der Waals surface area contributed by atoms with Crippen molar-refractivity contribution in [3.63, 3.8) is 0 Å². The summed E-state index contributed by atoms with van der Waals surface area (Å²) in [5.74, 6) is 2.05. The van der Waals surface area contributed by atoms with Crippen molar-refractivity contribution in [2.45, 2.75) is 13.5 Å². The number of benzene rings is 1. The van der Waals surface area contributed by atoms with Gasteiger partial charge in [-0.2, -0.15) is 0 Å². The fourth-order valence-electron chi connectivity index (χ4n) is 2.74. The third-order valence-corrected chi connectivity index (χ3v) is 5.85. The first-order valence-electron chi connectivity index (χ1n) is 9.30.